The lowest BCUT2D eigenvalue weighted by Crippen LogP contribution is -2.50. The van der Waals surface area contributed by atoms with Gasteiger partial charge >= 0.3 is 18.4 Å². The molecule has 0 aromatic carbocycles. The van der Waals surface area contributed by atoms with Gasteiger partial charge in [0.2, 0.25) is 0 Å². The summed E-state index contributed by atoms with van der Waals surface area (Å²) in [6.45, 7) is 9.27. The van der Waals surface area contributed by atoms with Crippen LogP contribution in [0.25, 0.3) is 0 Å². The molecular weight excluding hydrogens is 448 g/mol. The Kier molecular flexibility index (Phi) is 8.70. The molecule has 0 N–H and O–H groups in total. The van der Waals surface area contributed by atoms with Gasteiger partial charge in [-0.2, -0.15) is 26.3 Å². The standard InChI is InChI=1S/C24H39F6NO2/c1-20(2)9-6-5-7-10-21(3,4)17-22(12-8-11-20)13-15-31(16-14-22)19(32)33-18(23(25,26)27)24(28,29)30/h18H,5-17H2,1-4H3. The first-order valence-corrected chi connectivity index (χ1v) is 12.0. The highest BCUT2D eigenvalue weighted by Crippen LogP contribution is 2.49. The molecule has 9 heteroatoms. The summed E-state index contributed by atoms with van der Waals surface area (Å²) in [5.41, 5.74) is 0.280. The lowest BCUT2D eigenvalue weighted by molar-refractivity contribution is -0.308. The number of halogens is 6. The van der Waals surface area contributed by atoms with Gasteiger partial charge in [-0.25, -0.2) is 4.79 Å². The van der Waals surface area contributed by atoms with Crippen molar-refractivity contribution >= 4 is 6.09 Å². The van der Waals surface area contributed by atoms with Gasteiger partial charge < -0.3 is 9.64 Å². The average molecular weight is 488 g/mol. The van der Waals surface area contributed by atoms with E-state index >= 15 is 0 Å². The second-order valence-corrected chi connectivity index (χ2v) is 11.8. The Morgan fingerprint density at radius 1 is 0.727 bits per heavy atom. The third-order valence-electron chi connectivity index (χ3n) is 7.52. The maximum Gasteiger partial charge on any atom is 0.434 e. The molecule has 0 bridgehead atoms. The Balaban J connectivity index is 2.08. The number of amides is 1. The van der Waals surface area contributed by atoms with Crippen LogP contribution < -0.4 is 0 Å². The van der Waals surface area contributed by atoms with Gasteiger partial charge in [0.05, 0.1) is 0 Å². The van der Waals surface area contributed by atoms with Gasteiger partial charge in [-0.1, -0.05) is 53.4 Å². The normalized spacial score (nSPS) is 24.8. The fourth-order valence-electron chi connectivity index (χ4n) is 5.73. The minimum absolute atomic E-state index is 0.0665. The van der Waals surface area contributed by atoms with Crippen molar-refractivity contribution in [2.75, 3.05) is 13.1 Å². The first-order chi connectivity index (χ1) is 14.9. The molecule has 2 rings (SSSR count). The molecule has 194 valence electrons. The maximum atomic E-state index is 12.8. The number of likely N-dealkylation sites (tertiary alicyclic amines) is 1. The van der Waals surface area contributed by atoms with E-state index in [1.165, 1.54) is 19.3 Å². The molecule has 2 fully saturated rings. The zero-order chi connectivity index (χ0) is 25.1. The quantitative estimate of drug-likeness (QED) is 0.348. The van der Waals surface area contributed by atoms with E-state index in [1.54, 1.807) is 0 Å². The summed E-state index contributed by atoms with van der Waals surface area (Å²) in [6.07, 6.45) is -6.08. The summed E-state index contributed by atoms with van der Waals surface area (Å²) in [6, 6.07) is 0. The molecule has 1 spiro atoms. The Hall–Kier alpha value is -1.15. The van der Waals surface area contributed by atoms with Crippen LogP contribution in [0.2, 0.25) is 0 Å². The Bertz CT molecular complexity index is 634. The van der Waals surface area contributed by atoms with E-state index in [1.807, 2.05) is 0 Å². The van der Waals surface area contributed by atoms with Gasteiger partial charge in [-0.05, 0) is 61.2 Å². The molecule has 0 radical (unpaired) electrons. The Labute approximate surface area is 193 Å². The number of alkyl halides is 6. The van der Waals surface area contributed by atoms with Crippen molar-refractivity contribution in [3.63, 3.8) is 0 Å². The number of nitrogens with zero attached hydrogens (tertiary/aromatic N) is 1. The van der Waals surface area contributed by atoms with Crippen molar-refractivity contribution in [1.29, 1.82) is 0 Å². The van der Waals surface area contributed by atoms with Crippen LogP contribution in [-0.2, 0) is 4.74 Å². The average Bonchev–Trinajstić information content (AvgIpc) is 2.63. The highest BCUT2D eigenvalue weighted by Gasteiger charge is 2.60. The van der Waals surface area contributed by atoms with Crippen LogP contribution in [0.15, 0.2) is 0 Å². The molecule has 1 amide bonds. The lowest BCUT2D eigenvalue weighted by Gasteiger charge is -2.46. The first-order valence-electron chi connectivity index (χ1n) is 12.0. The van der Waals surface area contributed by atoms with E-state index in [4.69, 9.17) is 0 Å². The van der Waals surface area contributed by atoms with E-state index in [2.05, 4.69) is 32.4 Å². The van der Waals surface area contributed by atoms with E-state index in [0.29, 0.717) is 12.8 Å². The van der Waals surface area contributed by atoms with Crippen molar-refractivity contribution in [3.8, 4) is 0 Å². The summed E-state index contributed by atoms with van der Waals surface area (Å²) in [7, 11) is 0. The Morgan fingerprint density at radius 3 is 1.73 bits per heavy atom. The number of ether oxygens (including phenoxy) is 1. The van der Waals surface area contributed by atoms with E-state index in [-0.39, 0.29) is 29.3 Å². The molecule has 3 nitrogen and oxygen atoms in total. The van der Waals surface area contributed by atoms with E-state index in [9.17, 15) is 31.1 Å². The molecule has 0 aromatic heterocycles. The van der Waals surface area contributed by atoms with E-state index < -0.39 is 24.5 Å². The Morgan fingerprint density at radius 2 is 1.21 bits per heavy atom. The summed E-state index contributed by atoms with van der Waals surface area (Å²) in [5, 5.41) is 0. The van der Waals surface area contributed by atoms with Gasteiger partial charge in [0.15, 0.2) is 0 Å². The molecule has 1 aliphatic heterocycles. The highest BCUT2D eigenvalue weighted by molar-refractivity contribution is 5.68. The maximum absolute atomic E-state index is 12.8. The molecule has 0 unspecified atom stereocenters. The summed E-state index contributed by atoms with van der Waals surface area (Å²) < 4.78 is 80.6. The summed E-state index contributed by atoms with van der Waals surface area (Å²) in [4.78, 5) is 13.2. The zero-order valence-electron chi connectivity index (χ0n) is 20.3. The fourth-order valence-corrected chi connectivity index (χ4v) is 5.73. The summed E-state index contributed by atoms with van der Waals surface area (Å²) >= 11 is 0. The van der Waals surface area contributed by atoms with Crippen molar-refractivity contribution in [3.05, 3.63) is 0 Å². The van der Waals surface area contributed by atoms with Gasteiger partial charge in [-0.3, -0.25) is 0 Å². The first kappa shape index (κ1) is 28.1. The third kappa shape index (κ3) is 8.53. The van der Waals surface area contributed by atoms with Crippen molar-refractivity contribution in [2.24, 2.45) is 16.2 Å². The third-order valence-corrected chi connectivity index (χ3v) is 7.52. The minimum atomic E-state index is -5.70. The largest absolute Gasteiger partial charge is 0.434 e. The van der Waals surface area contributed by atoms with Crippen LogP contribution in [0, 0.1) is 16.2 Å². The molecule has 1 aliphatic carbocycles. The SMILES string of the molecule is CC1(C)CCCCCC(C)(C)CC2(CCC1)CCN(C(=O)OC(C(F)(F)F)C(F)(F)F)CC2. The van der Waals surface area contributed by atoms with Crippen LogP contribution in [0.1, 0.15) is 98.3 Å². The monoisotopic (exact) mass is 487 g/mol. The van der Waals surface area contributed by atoms with Crippen molar-refractivity contribution in [2.45, 2.75) is 117 Å². The van der Waals surface area contributed by atoms with Gasteiger partial charge in [-0.15, -0.1) is 0 Å². The second kappa shape index (κ2) is 10.2. The van der Waals surface area contributed by atoms with Crippen LogP contribution in [-0.4, -0.2) is 42.5 Å². The number of piperidine rings is 1. The van der Waals surface area contributed by atoms with Gasteiger partial charge in [0.25, 0.3) is 6.10 Å². The van der Waals surface area contributed by atoms with Crippen LogP contribution >= 0.6 is 0 Å². The fraction of sp³-hybridized carbons (Fsp3) is 0.958. The lowest BCUT2D eigenvalue weighted by atomic mass is 9.63. The predicted molar refractivity (Wildman–Crippen MR) is 115 cm³/mol. The second-order valence-electron chi connectivity index (χ2n) is 11.8. The molecule has 1 saturated heterocycles. The number of carbonyl (C=O) groups is 1. The molecule has 1 saturated carbocycles. The predicted octanol–water partition coefficient (Wildman–Crippen LogP) is 8.28. The molecule has 2 aliphatic rings. The molecule has 0 aromatic rings. The molecule has 1 heterocycles. The highest BCUT2D eigenvalue weighted by atomic mass is 19.4. The summed E-state index contributed by atoms with van der Waals surface area (Å²) in [5.74, 6) is 0. The van der Waals surface area contributed by atoms with Gasteiger partial charge in [0.1, 0.15) is 0 Å². The van der Waals surface area contributed by atoms with E-state index in [0.717, 1.165) is 43.4 Å². The number of hydrogen-bond donors (Lipinski definition) is 0. The number of rotatable bonds is 1. The minimum Gasteiger partial charge on any atom is -0.426 e. The van der Waals surface area contributed by atoms with Gasteiger partial charge in [0, 0.05) is 13.1 Å². The molecule has 33 heavy (non-hydrogen) atoms. The topological polar surface area (TPSA) is 29.5 Å². The van der Waals surface area contributed by atoms with Crippen LogP contribution in [0.4, 0.5) is 31.1 Å². The smallest absolute Gasteiger partial charge is 0.426 e. The van der Waals surface area contributed by atoms with Crippen LogP contribution in [0.5, 0.6) is 0 Å². The molecule has 0 atom stereocenters. The zero-order valence-corrected chi connectivity index (χ0v) is 20.3. The van der Waals surface area contributed by atoms with Crippen LogP contribution in [0.3, 0.4) is 0 Å². The van der Waals surface area contributed by atoms with Crippen molar-refractivity contribution < 1.29 is 35.9 Å². The molecular formula is C24H39F6NO2. The van der Waals surface area contributed by atoms with Crippen molar-refractivity contribution in [1.82, 2.24) is 4.90 Å². The number of hydrogen-bond acceptors (Lipinski definition) is 2. The number of carbonyl (C=O) groups excluding carboxylic acids is 1.